The van der Waals surface area contributed by atoms with Crippen LogP contribution in [0, 0.1) is 6.92 Å². The van der Waals surface area contributed by atoms with Crippen LogP contribution in [0.25, 0.3) is 27.3 Å². The summed E-state index contributed by atoms with van der Waals surface area (Å²) in [6, 6.07) is 10.5. The van der Waals surface area contributed by atoms with E-state index in [1.54, 1.807) is 6.20 Å². The Morgan fingerprint density at radius 3 is 3.00 bits per heavy atom. The number of hydrogen-bond donors (Lipinski definition) is 1. The van der Waals surface area contributed by atoms with Crippen molar-refractivity contribution in [3.05, 3.63) is 42.2 Å². The van der Waals surface area contributed by atoms with Crippen molar-refractivity contribution in [2.45, 2.75) is 6.92 Å². The smallest absolute Gasteiger partial charge is 0.0875 e. The average molecular weight is 222 g/mol. The quantitative estimate of drug-likeness (QED) is 0.497. The van der Waals surface area contributed by atoms with Gasteiger partial charge in [0.05, 0.1) is 22.9 Å². The van der Waals surface area contributed by atoms with Crippen LogP contribution in [0.4, 0.5) is 0 Å². The lowest BCUT2D eigenvalue weighted by Crippen LogP contribution is -1.94. The fraction of sp³-hybridized carbons (Fsp3) is 0.0769. The van der Waals surface area contributed by atoms with E-state index in [1.165, 1.54) is 10.8 Å². The number of nitrogens with one attached hydrogen (secondary N) is 1. The molecule has 0 aliphatic heterocycles. The van der Waals surface area contributed by atoms with Crippen molar-refractivity contribution in [2.24, 2.45) is 0 Å². The topological polar surface area (TPSA) is 46.0 Å². The van der Waals surface area contributed by atoms with Crippen LogP contribution < -0.4 is 0 Å². The van der Waals surface area contributed by atoms with Gasteiger partial charge in [0, 0.05) is 16.3 Å². The van der Waals surface area contributed by atoms with Gasteiger partial charge in [-0.1, -0.05) is 23.4 Å². The highest BCUT2D eigenvalue weighted by molar-refractivity contribution is 6.09. The van der Waals surface area contributed by atoms with Gasteiger partial charge in [0.25, 0.3) is 0 Å². The minimum Gasteiger partial charge on any atom is -0.353 e. The minimum absolute atomic E-state index is 1.03. The number of benzene rings is 1. The van der Waals surface area contributed by atoms with E-state index in [0.29, 0.717) is 0 Å². The highest BCUT2D eigenvalue weighted by atomic mass is 15.4. The zero-order chi connectivity index (χ0) is 11.4. The zero-order valence-corrected chi connectivity index (χ0v) is 9.31. The molecule has 82 valence electrons. The molecule has 4 nitrogen and oxygen atoms in total. The predicted octanol–water partition coefficient (Wildman–Crippen LogP) is 2.67. The summed E-state index contributed by atoms with van der Waals surface area (Å²) >= 11 is 0. The lowest BCUT2D eigenvalue weighted by Gasteiger charge is -1.99. The van der Waals surface area contributed by atoms with Crippen LogP contribution >= 0.6 is 0 Å². The summed E-state index contributed by atoms with van der Waals surface area (Å²) in [6.45, 7) is 2.05. The number of rotatable bonds is 0. The Balaban J connectivity index is 2.36. The van der Waals surface area contributed by atoms with E-state index in [2.05, 4.69) is 46.5 Å². The van der Waals surface area contributed by atoms with Crippen LogP contribution in [-0.2, 0) is 0 Å². The molecule has 0 aliphatic rings. The SMILES string of the molecule is Cc1c2[nH]c3ccccc3c2cc2cnnn12. The molecule has 4 aromatic rings. The standard InChI is InChI=1S/C13H10N4/c1-8-13-11(6-9-7-14-16-17(8)9)10-4-2-3-5-12(10)15-13/h2-7,15H,1H3. The van der Waals surface area contributed by atoms with E-state index < -0.39 is 0 Å². The highest BCUT2D eigenvalue weighted by Crippen LogP contribution is 2.28. The number of hydrogen-bond acceptors (Lipinski definition) is 2. The van der Waals surface area contributed by atoms with Crippen LogP contribution in [0.15, 0.2) is 36.5 Å². The van der Waals surface area contributed by atoms with Gasteiger partial charge in [-0.2, -0.15) is 0 Å². The van der Waals surface area contributed by atoms with Gasteiger partial charge in [-0.05, 0) is 19.1 Å². The van der Waals surface area contributed by atoms with Crippen LogP contribution in [0.5, 0.6) is 0 Å². The second-order valence-corrected chi connectivity index (χ2v) is 4.26. The molecule has 3 heterocycles. The van der Waals surface area contributed by atoms with Crippen molar-refractivity contribution in [3.63, 3.8) is 0 Å². The molecule has 1 N–H and O–H groups in total. The van der Waals surface area contributed by atoms with Gasteiger partial charge in [0.2, 0.25) is 0 Å². The summed E-state index contributed by atoms with van der Waals surface area (Å²) in [4.78, 5) is 3.44. The first-order valence-corrected chi connectivity index (χ1v) is 5.55. The number of nitrogens with zero attached hydrogens (tertiary/aromatic N) is 3. The van der Waals surface area contributed by atoms with Crippen molar-refractivity contribution in [1.82, 2.24) is 19.8 Å². The van der Waals surface area contributed by atoms with E-state index in [-0.39, 0.29) is 0 Å². The first-order valence-electron chi connectivity index (χ1n) is 5.55. The molecular formula is C13H10N4. The zero-order valence-electron chi connectivity index (χ0n) is 9.31. The number of fused-ring (bicyclic) bond motifs is 4. The number of pyridine rings is 1. The summed E-state index contributed by atoms with van der Waals surface area (Å²) in [7, 11) is 0. The van der Waals surface area contributed by atoms with E-state index in [9.17, 15) is 0 Å². The molecular weight excluding hydrogens is 212 g/mol. The Hall–Kier alpha value is -2.36. The normalized spacial score (nSPS) is 11.8. The number of aromatic amines is 1. The number of aryl methyl sites for hydroxylation is 1. The van der Waals surface area contributed by atoms with Crippen molar-refractivity contribution >= 4 is 27.3 Å². The molecule has 0 saturated heterocycles. The number of para-hydroxylation sites is 1. The molecule has 0 fully saturated rings. The summed E-state index contributed by atoms with van der Waals surface area (Å²) < 4.78 is 1.86. The molecule has 1 aromatic carbocycles. The molecule has 0 unspecified atom stereocenters. The molecule has 0 aliphatic carbocycles. The third kappa shape index (κ3) is 1.02. The first-order chi connectivity index (χ1) is 8.34. The van der Waals surface area contributed by atoms with E-state index in [0.717, 1.165) is 22.2 Å². The Kier molecular flexibility index (Phi) is 1.47. The van der Waals surface area contributed by atoms with Gasteiger partial charge in [-0.3, -0.25) is 0 Å². The van der Waals surface area contributed by atoms with Gasteiger partial charge in [0.1, 0.15) is 0 Å². The van der Waals surface area contributed by atoms with Crippen molar-refractivity contribution < 1.29 is 0 Å². The molecule has 3 aromatic heterocycles. The van der Waals surface area contributed by atoms with Crippen LogP contribution in [0.2, 0.25) is 0 Å². The fourth-order valence-corrected chi connectivity index (χ4v) is 2.45. The maximum absolute atomic E-state index is 4.09. The molecule has 0 bridgehead atoms. The second kappa shape index (κ2) is 2.85. The fourth-order valence-electron chi connectivity index (χ4n) is 2.45. The lowest BCUT2D eigenvalue weighted by atomic mass is 10.1. The summed E-state index contributed by atoms with van der Waals surface area (Å²) in [5, 5.41) is 10.5. The summed E-state index contributed by atoms with van der Waals surface area (Å²) in [5.74, 6) is 0. The van der Waals surface area contributed by atoms with Crippen molar-refractivity contribution in [3.8, 4) is 0 Å². The first kappa shape index (κ1) is 8.75. The van der Waals surface area contributed by atoms with Gasteiger partial charge in [-0.15, -0.1) is 5.10 Å². The largest absolute Gasteiger partial charge is 0.353 e. The van der Waals surface area contributed by atoms with Crippen molar-refractivity contribution in [1.29, 1.82) is 0 Å². The van der Waals surface area contributed by atoms with E-state index in [4.69, 9.17) is 0 Å². The van der Waals surface area contributed by atoms with Crippen molar-refractivity contribution in [2.75, 3.05) is 0 Å². The number of aromatic nitrogens is 4. The molecule has 4 heteroatoms. The molecule has 0 spiro atoms. The third-order valence-electron chi connectivity index (χ3n) is 3.29. The van der Waals surface area contributed by atoms with E-state index in [1.807, 2.05) is 10.6 Å². The Morgan fingerprint density at radius 1 is 1.18 bits per heavy atom. The minimum atomic E-state index is 1.03. The van der Waals surface area contributed by atoms with Crippen LogP contribution in [0.3, 0.4) is 0 Å². The Bertz CT molecular complexity index is 854. The van der Waals surface area contributed by atoms with Gasteiger partial charge >= 0.3 is 0 Å². The van der Waals surface area contributed by atoms with Gasteiger partial charge < -0.3 is 4.98 Å². The molecule has 17 heavy (non-hydrogen) atoms. The Morgan fingerprint density at radius 2 is 2.06 bits per heavy atom. The molecule has 0 atom stereocenters. The molecule has 0 amide bonds. The highest BCUT2D eigenvalue weighted by Gasteiger charge is 2.09. The van der Waals surface area contributed by atoms with E-state index >= 15 is 0 Å². The predicted molar refractivity (Wildman–Crippen MR) is 67.1 cm³/mol. The average Bonchev–Trinajstić information content (AvgIpc) is 2.94. The second-order valence-electron chi connectivity index (χ2n) is 4.26. The maximum Gasteiger partial charge on any atom is 0.0875 e. The molecule has 4 rings (SSSR count). The molecule has 0 saturated carbocycles. The van der Waals surface area contributed by atoms with Gasteiger partial charge in [0.15, 0.2) is 0 Å². The lowest BCUT2D eigenvalue weighted by molar-refractivity contribution is 0.833. The summed E-state index contributed by atoms with van der Waals surface area (Å²) in [6.07, 6.45) is 1.79. The third-order valence-corrected chi connectivity index (χ3v) is 3.29. The maximum atomic E-state index is 4.09. The van der Waals surface area contributed by atoms with Crippen LogP contribution in [-0.4, -0.2) is 19.8 Å². The molecule has 0 radical (unpaired) electrons. The summed E-state index contributed by atoms with van der Waals surface area (Å²) in [5.41, 5.74) is 4.40. The van der Waals surface area contributed by atoms with Crippen LogP contribution in [0.1, 0.15) is 5.69 Å². The van der Waals surface area contributed by atoms with Gasteiger partial charge in [-0.25, -0.2) is 4.52 Å². The monoisotopic (exact) mass is 222 g/mol. The Labute approximate surface area is 96.9 Å². The number of H-pyrrole nitrogens is 1.